The Hall–Kier alpha value is -1.43. The number of aryl methyl sites for hydroxylation is 2. The number of anilines is 1. The highest BCUT2D eigenvalue weighted by atomic mass is 16.5. The minimum absolute atomic E-state index is 0.363. The number of hydrogen-bond acceptors (Lipinski definition) is 4. The van der Waals surface area contributed by atoms with Crippen molar-refractivity contribution in [2.75, 3.05) is 31.6 Å². The molecule has 3 rings (SSSR count). The molecule has 1 saturated heterocycles. The van der Waals surface area contributed by atoms with E-state index in [1.807, 2.05) is 26.0 Å². The van der Waals surface area contributed by atoms with Gasteiger partial charge in [0.1, 0.15) is 0 Å². The predicted molar refractivity (Wildman–Crippen MR) is 70.8 cm³/mol. The van der Waals surface area contributed by atoms with E-state index >= 15 is 0 Å². The van der Waals surface area contributed by atoms with Crippen LogP contribution in [0.25, 0.3) is 0 Å². The lowest BCUT2D eigenvalue weighted by Crippen LogP contribution is -2.55. The summed E-state index contributed by atoms with van der Waals surface area (Å²) in [5.74, 6) is -0.363. The van der Waals surface area contributed by atoms with E-state index in [2.05, 4.69) is 5.32 Å². The summed E-state index contributed by atoms with van der Waals surface area (Å²) in [5, 5.41) is 13.8. The summed E-state index contributed by atoms with van der Waals surface area (Å²) in [5.41, 5.74) is 1.86. The third-order valence-corrected chi connectivity index (χ3v) is 3.88. The summed E-state index contributed by atoms with van der Waals surface area (Å²) in [6.45, 7) is 6.09. The van der Waals surface area contributed by atoms with E-state index in [0.717, 1.165) is 16.8 Å². The normalized spacial score (nSPS) is 27.2. The van der Waals surface area contributed by atoms with Gasteiger partial charge in [0.25, 0.3) is 5.91 Å². The van der Waals surface area contributed by atoms with Crippen molar-refractivity contribution in [1.29, 1.82) is 0 Å². The summed E-state index contributed by atoms with van der Waals surface area (Å²) < 4.78 is 5.29. The molecule has 2 aliphatic rings. The highest BCUT2D eigenvalue weighted by Gasteiger charge is 2.50. The van der Waals surface area contributed by atoms with E-state index in [4.69, 9.17) is 4.74 Å². The molecule has 5 heteroatoms. The van der Waals surface area contributed by atoms with E-state index < -0.39 is 5.72 Å². The minimum Gasteiger partial charge on any atom is -0.379 e. The second-order valence-electron chi connectivity index (χ2n) is 5.23. The van der Waals surface area contributed by atoms with Gasteiger partial charge in [0.05, 0.1) is 18.9 Å². The average molecular weight is 262 g/mol. The van der Waals surface area contributed by atoms with Crippen LogP contribution in [-0.4, -0.2) is 42.2 Å². The molecule has 1 aromatic carbocycles. The average Bonchev–Trinajstić information content (AvgIpc) is 2.66. The number of ether oxygens (including phenoxy) is 1. The lowest BCUT2D eigenvalue weighted by molar-refractivity contribution is -0.168. The van der Waals surface area contributed by atoms with Gasteiger partial charge in [-0.25, -0.2) is 0 Å². The van der Waals surface area contributed by atoms with Crippen LogP contribution in [0, 0.1) is 13.8 Å². The van der Waals surface area contributed by atoms with Gasteiger partial charge in [-0.3, -0.25) is 9.69 Å². The maximum absolute atomic E-state index is 12.3. The van der Waals surface area contributed by atoms with E-state index in [-0.39, 0.29) is 5.91 Å². The molecule has 19 heavy (non-hydrogen) atoms. The van der Waals surface area contributed by atoms with E-state index in [9.17, 15) is 9.90 Å². The number of fused-ring (bicyclic) bond motifs is 1. The number of nitrogens with zero attached hydrogens (tertiary/aromatic N) is 1. The van der Waals surface area contributed by atoms with Crippen LogP contribution in [0.15, 0.2) is 12.1 Å². The number of carbonyl (C=O) groups is 1. The van der Waals surface area contributed by atoms with Crippen molar-refractivity contribution < 1.29 is 14.6 Å². The van der Waals surface area contributed by atoms with Crippen molar-refractivity contribution in [3.8, 4) is 0 Å². The zero-order chi connectivity index (χ0) is 13.6. The molecular weight excluding hydrogens is 244 g/mol. The van der Waals surface area contributed by atoms with E-state index in [1.165, 1.54) is 0 Å². The van der Waals surface area contributed by atoms with Gasteiger partial charge in [0, 0.05) is 18.7 Å². The van der Waals surface area contributed by atoms with Crippen molar-refractivity contribution in [3.05, 3.63) is 28.8 Å². The first-order chi connectivity index (χ1) is 9.03. The summed E-state index contributed by atoms with van der Waals surface area (Å²) in [7, 11) is 0. The lowest BCUT2D eigenvalue weighted by atomic mass is 9.97. The lowest BCUT2D eigenvalue weighted by Gasteiger charge is -2.37. The summed E-state index contributed by atoms with van der Waals surface area (Å²) in [6, 6.07) is 3.89. The molecule has 102 valence electrons. The van der Waals surface area contributed by atoms with Crippen molar-refractivity contribution in [2.45, 2.75) is 19.6 Å². The van der Waals surface area contributed by atoms with Gasteiger partial charge in [0.15, 0.2) is 0 Å². The summed E-state index contributed by atoms with van der Waals surface area (Å²) in [4.78, 5) is 14.1. The Kier molecular flexibility index (Phi) is 2.85. The van der Waals surface area contributed by atoms with Crippen LogP contribution in [-0.2, 0) is 15.3 Å². The second kappa shape index (κ2) is 4.30. The Bertz CT molecular complexity index is 538. The zero-order valence-electron chi connectivity index (χ0n) is 11.2. The molecule has 0 saturated carbocycles. The van der Waals surface area contributed by atoms with Crippen molar-refractivity contribution >= 4 is 11.6 Å². The summed E-state index contributed by atoms with van der Waals surface area (Å²) >= 11 is 0. The molecule has 0 aromatic heterocycles. The first-order valence-electron chi connectivity index (χ1n) is 6.52. The fourth-order valence-corrected chi connectivity index (χ4v) is 2.93. The molecule has 2 aliphatic heterocycles. The van der Waals surface area contributed by atoms with Crippen LogP contribution in [0.3, 0.4) is 0 Å². The molecule has 2 N–H and O–H groups in total. The SMILES string of the molecule is Cc1cc(C)c2c(c1)[C@](O)(N1CCOCC1)C(=O)N2. The fourth-order valence-electron chi connectivity index (χ4n) is 2.93. The summed E-state index contributed by atoms with van der Waals surface area (Å²) in [6.07, 6.45) is 0. The van der Waals surface area contributed by atoms with E-state index in [0.29, 0.717) is 31.9 Å². The van der Waals surface area contributed by atoms with Crippen LogP contribution < -0.4 is 5.32 Å². The smallest absolute Gasteiger partial charge is 0.276 e. The Labute approximate surface area is 112 Å². The van der Waals surface area contributed by atoms with Crippen LogP contribution in [0.4, 0.5) is 5.69 Å². The minimum atomic E-state index is -1.56. The molecule has 0 spiro atoms. The molecule has 0 aliphatic carbocycles. The first kappa shape index (κ1) is 12.6. The van der Waals surface area contributed by atoms with Crippen molar-refractivity contribution in [3.63, 3.8) is 0 Å². The number of morpholine rings is 1. The van der Waals surface area contributed by atoms with Crippen molar-refractivity contribution in [2.24, 2.45) is 0 Å². The Morgan fingerprint density at radius 1 is 1.32 bits per heavy atom. The molecule has 1 atom stereocenters. The maximum atomic E-state index is 12.3. The van der Waals surface area contributed by atoms with Gasteiger partial charge in [-0.05, 0) is 25.5 Å². The van der Waals surface area contributed by atoms with Gasteiger partial charge >= 0.3 is 0 Å². The van der Waals surface area contributed by atoms with Crippen LogP contribution in [0.1, 0.15) is 16.7 Å². The number of nitrogens with one attached hydrogen (secondary N) is 1. The monoisotopic (exact) mass is 262 g/mol. The molecule has 0 radical (unpaired) electrons. The highest BCUT2D eigenvalue weighted by Crippen LogP contribution is 2.41. The first-order valence-corrected chi connectivity index (χ1v) is 6.52. The van der Waals surface area contributed by atoms with Gasteiger partial charge < -0.3 is 15.2 Å². The molecule has 1 amide bonds. The molecule has 1 aromatic rings. The predicted octanol–water partition coefficient (Wildman–Crippen LogP) is 0.733. The van der Waals surface area contributed by atoms with Gasteiger partial charge in [-0.2, -0.15) is 0 Å². The Morgan fingerprint density at radius 3 is 2.68 bits per heavy atom. The number of benzene rings is 1. The standard InChI is InChI=1S/C14H18N2O3/c1-9-7-10(2)12-11(8-9)14(18,13(17)15-12)16-3-5-19-6-4-16/h7-8,18H,3-6H2,1-2H3,(H,15,17)/t14-/m1/s1. The zero-order valence-corrected chi connectivity index (χ0v) is 11.2. The molecule has 2 heterocycles. The number of aliphatic hydroxyl groups is 1. The quantitative estimate of drug-likeness (QED) is 0.783. The Balaban J connectivity index is 2.10. The number of carbonyl (C=O) groups excluding carboxylic acids is 1. The third-order valence-electron chi connectivity index (χ3n) is 3.88. The number of amides is 1. The maximum Gasteiger partial charge on any atom is 0.276 e. The third kappa shape index (κ3) is 1.77. The number of rotatable bonds is 1. The molecule has 0 bridgehead atoms. The molecule has 1 fully saturated rings. The van der Waals surface area contributed by atoms with Gasteiger partial charge in [-0.15, -0.1) is 0 Å². The van der Waals surface area contributed by atoms with Gasteiger partial charge in [0.2, 0.25) is 5.72 Å². The van der Waals surface area contributed by atoms with E-state index in [1.54, 1.807) is 4.90 Å². The Morgan fingerprint density at radius 2 is 2.00 bits per heavy atom. The van der Waals surface area contributed by atoms with Crippen LogP contribution in [0.2, 0.25) is 0 Å². The molecule has 0 unspecified atom stereocenters. The van der Waals surface area contributed by atoms with Gasteiger partial charge in [-0.1, -0.05) is 11.6 Å². The van der Waals surface area contributed by atoms with Crippen LogP contribution >= 0.6 is 0 Å². The largest absolute Gasteiger partial charge is 0.379 e. The number of hydrogen-bond donors (Lipinski definition) is 2. The van der Waals surface area contributed by atoms with Crippen LogP contribution in [0.5, 0.6) is 0 Å². The highest BCUT2D eigenvalue weighted by molar-refractivity contribution is 6.05. The fraction of sp³-hybridized carbons (Fsp3) is 0.500. The molecular formula is C14H18N2O3. The van der Waals surface area contributed by atoms with Crippen molar-refractivity contribution in [1.82, 2.24) is 4.90 Å². The topological polar surface area (TPSA) is 61.8 Å². The molecule has 5 nitrogen and oxygen atoms in total. The second-order valence-corrected chi connectivity index (χ2v) is 5.23.